The molecule has 31 heavy (non-hydrogen) atoms. The summed E-state index contributed by atoms with van der Waals surface area (Å²) < 4.78 is 19.3. The number of carboxylic acid groups (broad SMARTS) is 1. The highest BCUT2D eigenvalue weighted by atomic mass is 19.1. The van der Waals surface area contributed by atoms with Crippen molar-refractivity contribution in [1.29, 1.82) is 0 Å². The van der Waals surface area contributed by atoms with E-state index in [1.807, 2.05) is 13.0 Å². The molecule has 1 heterocycles. The molecule has 0 amide bonds. The summed E-state index contributed by atoms with van der Waals surface area (Å²) in [6, 6.07) is 12.0. The SMILES string of the molecule is Cc1cc(F)ccc1Oc1ccc2c(c1)CCCC2/C=C/Nc1cnccc1C(=O)O. The first-order chi connectivity index (χ1) is 15.0. The normalized spacial score (nSPS) is 15.5. The van der Waals surface area contributed by atoms with Gasteiger partial charge >= 0.3 is 5.97 Å². The minimum Gasteiger partial charge on any atom is -0.478 e. The second-order valence-electron chi connectivity index (χ2n) is 7.60. The quantitative estimate of drug-likeness (QED) is 0.509. The lowest BCUT2D eigenvalue weighted by Gasteiger charge is -2.24. The summed E-state index contributed by atoms with van der Waals surface area (Å²) in [5.41, 5.74) is 3.85. The predicted molar refractivity (Wildman–Crippen MR) is 117 cm³/mol. The lowest BCUT2D eigenvalue weighted by Crippen LogP contribution is -2.09. The summed E-state index contributed by atoms with van der Waals surface area (Å²) in [7, 11) is 0. The molecule has 3 aromatic rings. The molecule has 0 spiro atoms. The maximum Gasteiger partial charge on any atom is 0.337 e. The number of halogens is 1. The van der Waals surface area contributed by atoms with Gasteiger partial charge in [0.05, 0.1) is 17.4 Å². The predicted octanol–water partition coefficient (Wildman–Crippen LogP) is 6.07. The van der Waals surface area contributed by atoms with Gasteiger partial charge in [-0.1, -0.05) is 12.1 Å². The average Bonchev–Trinajstić information content (AvgIpc) is 2.76. The van der Waals surface area contributed by atoms with E-state index >= 15 is 0 Å². The molecule has 0 aliphatic heterocycles. The minimum atomic E-state index is -0.995. The molecular weight excluding hydrogens is 395 g/mol. The van der Waals surface area contributed by atoms with Crippen molar-refractivity contribution in [1.82, 2.24) is 4.98 Å². The van der Waals surface area contributed by atoms with Crippen LogP contribution in [0.5, 0.6) is 11.5 Å². The Morgan fingerprint density at radius 2 is 2.13 bits per heavy atom. The van der Waals surface area contributed by atoms with Crippen LogP contribution >= 0.6 is 0 Å². The summed E-state index contributed by atoms with van der Waals surface area (Å²) >= 11 is 0. The van der Waals surface area contributed by atoms with Crippen molar-refractivity contribution >= 4 is 11.7 Å². The van der Waals surface area contributed by atoms with Crippen LogP contribution in [-0.4, -0.2) is 16.1 Å². The van der Waals surface area contributed by atoms with Crippen molar-refractivity contribution < 1.29 is 19.0 Å². The van der Waals surface area contributed by atoms with Crippen LogP contribution < -0.4 is 10.1 Å². The summed E-state index contributed by atoms with van der Waals surface area (Å²) in [6.07, 6.45) is 9.84. The van der Waals surface area contributed by atoms with Gasteiger partial charge in [0.1, 0.15) is 17.3 Å². The van der Waals surface area contributed by atoms with Crippen LogP contribution in [0, 0.1) is 12.7 Å². The number of carbonyl (C=O) groups is 1. The minimum absolute atomic E-state index is 0.182. The average molecular weight is 418 g/mol. The molecule has 0 bridgehead atoms. The number of anilines is 1. The Hall–Kier alpha value is -3.67. The van der Waals surface area contributed by atoms with Gasteiger partial charge < -0.3 is 15.2 Å². The molecule has 2 aromatic carbocycles. The van der Waals surface area contributed by atoms with Crippen molar-refractivity contribution in [2.75, 3.05) is 5.32 Å². The van der Waals surface area contributed by atoms with Crippen LogP contribution in [0.2, 0.25) is 0 Å². The first-order valence-electron chi connectivity index (χ1n) is 10.2. The highest BCUT2D eigenvalue weighted by Gasteiger charge is 2.19. The lowest BCUT2D eigenvalue weighted by atomic mass is 9.83. The van der Waals surface area contributed by atoms with Gasteiger partial charge in [-0.15, -0.1) is 0 Å². The molecule has 6 heteroatoms. The van der Waals surface area contributed by atoms with E-state index in [-0.39, 0.29) is 17.3 Å². The van der Waals surface area contributed by atoms with Gasteiger partial charge in [0, 0.05) is 12.1 Å². The van der Waals surface area contributed by atoms with Crippen molar-refractivity contribution in [2.45, 2.75) is 32.1 Å². The summed E-state index contributed by atoms with van der Waals surface area (Å²) in [5.74, 6) is 0.328. The molecule has 1 aliphatic rings. The van der Waals surface area contributed by atoms with Crippen molar-refractivity contribution in [2.24, 2.45) is 0 Å². The summed E-state index contributed by atoms with van der Waals surface area (Å²) in [5, 5.41) is 12.3. The monoisotopic (exact) mass is 418 g/mol. The number of rotatable bonds is 6. The molecule has 1 aliphatic carbocycles. The zero-order chi connectivity index (χ0) is 21.8. The number of ether oxygens (including phenoxy) is 1. The largest absolute Gasteiger partial charge is 0.478 e. The molecule has 158 valence electrons. The zero-order valence-corrected chi connectivity index (χ0v) is 17.1. The van der Waals surface area contributed by atoms with Crippen molar-refractivity contribution in [3.05, 3.63) is 95.2 Å². The third kappa shape index (κ3) is 4.74. The highest BCUT2D eigenvalue weighted by molar-refractivity contribution is 5.94. The Balaban J connectivity index is 1.49. The van der Waals surface area contributed by atoms with Gasteiger partial charge in [-0.3, -0.25) is 4.98 Å². The first-order valence-corrected chi connectivity index (χ1v) is 10.2. The van der Waals surface area contributed by atoms with E-state index in [9.17, 15) is 14.3 Å². The number of nitrogens with one attached hydrogen (secondary N) is 1. The second kappa shape index (κ2) is 9.00. The van der Waals surface area contributed by atoms with Gasteiger partial charge in [0.2, 0.25) is 0 Å². The number of allylic oxidation sites excluding steroid dienone is 1. The topological polar surface area (TPSA) is 71.5 Å². The van der Waals surface area contributed by atoms with Crippen molar-refractivity contribution in [3.63, 3.8) is 0 Å². The van der Waals surface area contributed by atoms with Crippen molar-refractivity contribution in [3.8, 4) is 11.5 Å². The van der Waals surface area contributed by atoms with E-state index < -0.39 is 5.97 Å². The number of pyridine rings is 1. The highest BCUT2D eigenvalue weighted by Crippen LogP contribution is 2.36. The van der Waals surface area contributed by atoms with E-state index in [1.165, 1.54) is 41.7 Å². The van der Waals surface area contributed by atoms with Crippen LogP contribution in [0.1, 0.15) is 45.8 Å². The Kier molecular flexibility index (Phi) is 5.98. The molecule has 0 saturated carbocycles. The standard InChI is InChI=1S/C25H23FN2O3/c1-16-13-19(26)5-8-24(16)31-20-6-7-21-17(3-2-4-18(21)14-20)9-12-28-23-15-27-11-10-22(23)25(29)30/h5-15,17,28H,2-4H2,1H3,(H,29,30)/b12-9+. The molecule has 0 radical (unpaired) electrons. The summed E-state index contributed by atoms with van der Waals surface area (Å²) in [6.45, 7) is 1.82. The second-order valence-corrected chi connectivity index (χ2v) is 7.60. The Bertz CT molecular complexity index is 1140. The van der Waals surface area contributed by atoms with Gasteiger partial charge in [-0.05, 0) is 85.5 Å². The fraction of sp³-hybridized carbons (Fsp3) is 0.200. The van der Waals surface area contributed by atoms with E-state index in [0.717, 1.165) is 30.6 Å². The lowest BCUT2D eigenvalue weighted by molar-refractivity contribution is 0.0698. The van der Waals surface area contributed by atoms with E-state index in [0.29, 0.717) is 11.4 Å². The molecular formula is C25H23FN2O3. The molecule has 0 saturated heterocycles. The fourth-order valence-electron chi connectivity index (χ4n) is 3.90. The van der Waals surface area contributed by atoms with E-state index in [2.05, 4.69) is 28.5 Å². The molecule has 1 aromatic heterocycles. The van der Waals surface area contributed by atoms with Crippen LogP contribution in [0.25, 0.3) is 0 Å². The third-order valence-electron chi connectivity index (χ3n) is 5.46. The molecule has 0 fully saturated rings. The first kappa shape index (κ1) is 20.6. The van der Waals surface area contributed by atoms with E-state index in [4.69, 9.17) is 4.74 Å². The molecule has 1 atom stereocenters. The third-order valence-corrected chi connectivity index (χ3v) is 5.46. The maximum atomic E-state index is 13.3. The number of aromatic nitrogens is 1. The number of hydrogen-bond acceptors (Lipinski definition) is 4. The number of nitrogens with zero attached hydrogens (tertiary/aromatic N) is 1. The van der Waals surface area contributed by atoms with Gasteiger partial charge in [0.25, 0.3) is 0 Å². The number of aromatic carboxylic acids is 1. The Morgan fingerprint density at radius 3 is 2.94 bits per heavy atom. The molecule has 2 N–H and O–H groups in total. The number of fused-ring (bicyclic) bond motifs is 1. The number of benzene rings is 2. The Morgan fingerprint density at radius 1 is 1.26 bits per heavy atom. The van der Waals surface area contributed by atoms with Crippen LogP contribution in [0.15, 0.2) is 67.1 Å². The van der Waals surface area contributed by atoms with Gasteiger partial charge in [-0.2, -0.15) is 0 Å². The number of carboxylic acids is 1. The molecule has 1 unspecified atom stereocenters. The molecule has 4 rings (SSSR count). The summed E-state index contributed by atoms with van der Waals surface area (Å²) in [4.78, 5) is 15.3. The van der Waals surface area contributed by atoms with Crippen LogP contribution in [-0.2, 0) is 6.42 Å². The smallest absolute Gasteiger partial charge is 0.337 e. The zero-order valence-electron chi connectivity index (χ0n) is 17.1. The van der Waals surface area contributed by atoms with Gasteiger partial charge in [-0.25, -0.2) is 9.18 Å². The van der Waals surface area contributed by atoms with E-state index in [1.54, 1.807) is 12.3 Å². The number of hydrogen-bond donors (Lipinski definition) is 2. The molecule has 5 nitrogen and oxygen atoms in total. The Labute approximate surface area is 180 Å². The fourth-order valence-corrected chi connectivity index (χ4v) is 3.90. The van der Waals surface area contributed by atoms with Crippen LogP contribution in [0.4, 0.5) is 10.1 Å². The van der Waals surface area contributed by atoms with Crippen LogP contribution in [0.3, 0.4) is 0 Å². The maximum absolute atomic E-state index is 13.3. The number of aryl methyl sites for hydroxylation is 2. The van der Waals surface area contributed by atoms with Gasteiger partial charge in [0.15, 0.2) is 0 Å².